The summed E-state index contributed by atoms with van der Waals surface area (Å²) in [5.74, 6) is 1.37. The Bertz CT molecular complexity index is 562. The van der Waals surface area contributed by atoms with Gasteiger partial charge >= 0.3 is 0 Å². The van der Waals surface area contributed by atoms with E-state index in [1.54, 1.807) is 12.5 Å². The number of halogens is 1. The third-order valence-electron chi connectivity index (χ3n) is 2.73. The van der Waals surface area contributed by atoms with Gasteiger partial charge in [-0.2, -0.15) is 0 Å². The van der Waals surface area contributed by atoms with Crippen LogP contribution < -0.4 is 5.73 Å². The number of nitrogens with two attached hydrogens (primary N) is 1. The van der Waals surface area contributed by atoms with Crippen molar-refractivity contribution in [3.8, 4) is 11.5 Å². The van der Waals surface area contributed by atoms with E-state index in [0.717, 1.165) is 22.4 Å². The molecule has 0 aliphatic heterocycles. The van der Waals surface area contributed by atoms with E-state index in [-0.39, 0.29) is 5.92 Å². The molecule has 0 radical (unpaired) electrons. The molecule has 0 amide bonds. The van der Waals surface area contributed by atoms with Gasteiger partial charge in [-0.05, 0) is 28.8 Å². The first-order valence-electron chi connectivity index (χ1n) is 5.88. The number of nitrogens with zero attached hydrogens (tertiary/aromatic N) is 4. The first-order valence-corrected chi connectivity index (χ1v) is 6.67. The summed E-state index contributed by atoms with van der Waals surface area (Å²) in [5.41, 5.74) is 7.73. The first kappa shape index (κ1) is 13.0. The van der Waals surface area contributed by atoms with E-state index in [9.17, 15) is 0 Å². The molecule has 2 N–H and O–H groups in total. The fourth-order valence-electron chi connectivity index (χ4n) is 1.74. The van der Waals surface area contributed by atoms with Gasteiger partial charge in [0.25, 0.3) is 0 Å². The topological polar surface area (TPSA) is 69.6 Å². The zero-order valence-electron chi connectivity index (χ0n) is 10.7. The van der Waals surface area contributed by atoms with E-state index in [4.69, 9.17) is 5.73 Å². The van der Waals surface area contributed by atoms with Crippen molar-refractivity contribution in [2.75, 3.05) is 5.73 Å². The fourth-order valence-corrected chi connectivity index (χ4v) is 2.37. The molecule has 5 nitrogen and oxygen atoms in total. The standard InChI is InChI=1S/C12H16BrN5/c1-4-18-6-15-5-8(18)12-16-10(7(2)3)9(13)11(14)17-12/h5-7H,4H2,1-3H3,(H2,14,16,17). The predicted molar refractivity (Wildman–Crippen MR) is 75.1 cm³/mol. The van der Waals surface area contributed by atoms with Crippen LogP contribution in [0.25, 0.3) is 11.5 Å². The molecule has 0 bridgehead atoms. The van der Waals surface area contributed by atoms with Gasteiger partial charge in [0.15, 0.2) is 5.82 Å². The third-order valence-corrected chi connectivity index (χ3v) is 3.54. The molecule has 0 aliphatic carbocycles. The molecule has 6 heteroatoms. The molecule has 0 saturated heterocycles. The summed E-state index contributed by atoms with van der Waals surface area (Å²) in [7, 11) is 0. The van der Waals surface area contributed by atoms with Crippen LogP contribution in [0.15, 0.2) is 17.0 Å². The number of imidazole rings is 1. The van der Waals surface area contributed by atoms with Gasteiger partial charge in [0, 0.05) is 6.54 Å². The van der Waals surface area contributed by atoms with E-state index in [1.165, 1.54) is 0 Å². The summed E-state index contributed by atoms with van der Waals surface area (Å²) in [6.07, 6.45) is 3.53. The van der Waals surface area contributed by atoms with Crippen molar-refractivity contribution in [3.05, 3.63) is 22.7 Å². The fraction of sp³-hybridized carbons (Fsp3) is 0.417. The van der Waals surface area contributed by atoms with Crippen molar-refractivity contribution in [2.24, 2.45) is 0 Å². The van der Waals surface area contributed by atoms with Crippen LogP contribution in [-0.2, 0) is 6.54 Å². The molecule has 18 heavy (non-hydrogen) atoms. The molecule has 0 unspecified atom stereocenters. The Kier molecular flexibility index (Phi) is 3.65. The van der Waals surface area contributed by atoms with Gasteiger partial charge < -0.3 is 10.3 Å². The van der Waals surface area contributed by atoms with Crippen molar-refractivity contribution in [1.29, 1.82) is 0 Å². The smallest absolute Gasteiger partial charge is 0.180 e. The molecule has 0 spiro atoms. The van der Waals surface area contributed by atoms with Crippen LogP contribution in [0.3, 0.4) is 0 Å². The van der Waals surface area contributed by atoms with Crippen molar-refractivity contribution in [2.45, 2.75) is 33.2 Å². The van der Waals surface area contributed by atoms with Gasteiger partial charge in [-0.25, -0.2) is 15.0 Å². The minimum atomic E-state index is 0.279. The molecule has 0 aliphatic rings. The summed E-state index contributed by atoms with van der Waals surface area (Å²) < 4.78 is 2.77. The summed E-state index contributed by atoms with van der Waals surface area (Å²) in [6, 6.07) is 0. The molecule has 0 aromatic carbocycles. The average molecular weight is 310 g/mol. The van der Waals surface area contributed by atoms with E-state index < -0.39 is 0 Å². The van der Waals surface area contributed by atoms with Gasteiger partial charge in [-0.15, -0.1) is 0 Å². The summed E-state index contributed by atoms with van der Waals surface area (Å²) in [5, 5.41) is 0. The van der Waals surface area contributed by atoms with Crippen LogP contribution in [-0.4, -0.2) is 19.5 Å². The van der Waals surface area contributed by atoms with Crippen LogP contribution in [0.1, 0.15) is 32.4 Å². The highest BCUT2D eigenvalue weighted by Crippen LogP contribution is 2.29. The SMILES string of the molecule is CCn1cncc1-c1nc(N)c(Br)c(C(C)C)n1. The van der Waals surface area contributed by atoms with E-state index >= 15 is 0 Å². The molecular weight excluding hydrogens is 294 g/mol. The largest absolute Gasteiger partial charge is 0.383 e. The number of anilines is 1. The van der Waals surface area contributed by atoms with Crippen molar-refractivity contribution < 1.29 is 0 Å². The third kappa shape index (κ3) is 2.25. The molecule has 2 aromatic rings. The van der Waals surface area contributed by atoms with E-state index in [2.05, 4.69) is 51.7 Å². The van der Waals surface area contributed by atoms with Crippen LogP contribution in [0.2, 0.25) is 0 Å². The first-order chi connectivity index (χ1) is 8.54. The van der Waals surface area contributed by atoms with Crippen molar-refractivity contribution >= 4 is 21.7 Å². The summed E-state index contributed by atoms with van der Waals surface area (Å²) in [4.78, 5) is 13.0. The van der Waals surface area contributed by atoms with Crippen LogP contribution in [0, 0.1) is 0 Å². The van der Waals surface area contributed by atoms with Gasteiger partial charge in [0.1, 0.15) is 11.5 Å². The lowest BCUT2D eigenvalue weighted by molar-refractivity contribution is 0.757. The number of hydrogen-bond acceptors (Lipinski definition) is 4. The van der Waals surface area contributed by atoms with Crippen LogP contribution in [0.5, 0.6) is 0 Å². The normalized spacial score (nSPS) is 11.2. The second kappa shape index (κ2) is 5.06. The minimum Gasteiger partial charge on any atom is -0.383 e. The Hall–Kier alpha value is -1.43. The predicted octanol–water partition coefficient (Wildman–Crippen LogP) is 2.83. The maximum absolute atomic E-state index is 5.93. The number of aryl methyl sites for hydroxylation is 1. The van der Waals surface area contributed by atoms with Crippen molar-refractivity contribution in [3.63, 3.8) is 0 Å². The Morgan fingerprint density at radius 2 is 2.11 bits per heavy atom. The van der Waals surface area contributed by atoms with E-state index in [0.29, 0.717) is 11.6 Å². The molecular formula is C12H16BrN5. The quantitative estimate of drug-likeness (QED) is 0.946. The lowest BCUT2D eigenvalue weighted by Crippen LogP contribution is -2.06. The van der Waals surface area contributed by atoms with Gasteiger partial charge in [-0.1, -0.05) is 13.8 Å². The molecule has 0 saturated carbocycles. The van der Waals surface area contributed by atoms with E-state index in [1.807, 2.05) is 4.57 Å². The molecule has 2 rings (SSSR count). The van der Waals surface area contributed by atoms with Gasteiger partial charge in [-0.3, -0.25) is 0 Å². The van der Waals surface area contributed by atoms with Gasteiger partial charge in [0.2, 0.25) is 0 Å². The number of hydrogen-bond donors (Lipinski definition) is 1. The highest BCUT2D eigenvalue weighted by molar-refractivity contribution is 9.10. The zero-order valence-corrected chi connectivity index (χ0v) is 12.3. The van der Waals surface area contributed by atoms with Crippen LogP contribution in [0.4, 0.5) is 5.82 Å². The Labute approximate surface area is 115 Å². The Morgan fingerprint density at radius 3 is 2.72 bits per heavy atom. The molecule has 0 fully saturated rings. The second-order valence-electron chi connectivity index (χ2n) is 4.35. The monoisotopic (exact) mass is 309 g/mol. The molecule has 0 atom stereocenters. The highest BCUT2D eigenvalue weighted by Gasteiger charge is 2.15. The second-order valence-corrected chi connectivity index (χ2v) is 5.14. The van der Waals surface area contributed by atoms with Crippen LogP contribution >= 0.6 is 15.9 Å². The molecule has 96 valence electrons. The highest BCUT2D eigenvalue weighted by atomic mass is 79.9. The van der Waals surface area contributed by atoms with Gasteiger partial charge in [0.05, 0.1) is 22.7 Å². The lowest BCUT2D eigenvalue weighted by atomic mass is 10.1. The summed E-state index contributed by atoms with van der Waals surface area (Å²) in [6.45, 7) is 7.03. The maximum Gasteiger partial charge on any atom is 0.180 e. The number of rotatable bonds is 3. The Balaban J connectivity index is 2.59. The Morgan fingerprint density at radius 1 is 1.39 bits per heavy atom. The average Bonchev–Trinajstić information content (AvgIpc) is 2.80. The van der Waals surface area contributed by atoms with Crippen molar-refractivity contribution in [1.82, 2.24) is 19.5 Å². The minimum absolute atomic E-state index is 0.279. The number of nitrogen functional groups attached to an aromatic ring is 1. The molecule has 2 heterocycles. The number of aromatic nitrogens is 4. The zero-order chi connectivity index (χ0) is 13.3. The summed E-state index contributed by atoms with van der Waals surface area (Å²) >= 11 is 3.44. The lowest BCUT2D eigenvalue weighted by Gasteiger charge is -2.12. The molecule has 2 aromatic heterocycles. The maximum atomic E-state index is 5.93.